The lowest BCUT2D eigenvalue weighted by molar-refractivity contribution is -0.157. The first-order chi connectivity index (χ1) is 51.8. The average Bonchev–Trinajstić information content (AvgIpc) is 1.62. The van der Waals surface area contributed by atoms with Crippen LogP contribution >= 0.6 is 0 Å². The van der Waals surface area contributed by atoms with Crippen LogP contribution in [0.3, 0.4) is 0 Å². The summed E-state index contributed by atoms with van der Waals surface area (Å²) < 4.78 is 107. The lowest BCUT2D eigenvalue weighted by Crippen LogP contribution is -2.36. The van der Waals surface area contributed by atoms with Crippen molar-refractivity contribution < 1.29 is 88.0 Å². The molecular weight excluding hydrogens is 1460 g/mol. The lowest BCUT2D eigenvalue weighted by atomic mass is 9.82. The minimum atomic E-state index is -4.60. The highest BCUT2D eigenvalue weighted by molar-refractivity contribution is 7.91. The molecule has 582 valence electrons. The fourth-order valence-electron chi connectivity index (χ4n) is 11.8. The zero-order chi connectivity index (χ0) is 79.7. The number of hydrogen-bond acceptors (Lipinski definition) is 25. The van der Waals surface area contributed by atoms with Gasteiger partial charge in [0.1, 0.15) is 41.1 Å². The van der Waals surface area contributed by atoms with Crippen molar-refractivity contribution >= 4 is 67.0 Å². The van der Waals surface area contributed by atoms with Gasteiger partial charge in [0.25, 0.3) is 21.1 Å². The number of fused-ring (bicyclic) bond motifs is 1. The van der Waals surface area contributed by atoms with E-state index >= 15 is 0 Å². The van der Waals surface area contributed by atoms with Crippen LogP contribution in [0.25, 0.3) is 11.1 Å². The van der Waals surface area contributed by atoms with E-state index in [9.17, 15) is 54.8 Å². The van der Waals surface area contributed by atoms with E-state index in [2.05, 4.69) is 73.3 Å². The van der Waals surface area contributed by atoms with Crippen molar-refractivity contribution in [2.24, 2.45) is 22.8 Å². The first-order valence-electron chi connectivity index (χ1n) is 34.5. The second kappa shape index (κ2) is 36.6. The molecule has 7 heterocycles. The van der Waals surface area contributed by atoms with Crippen LogP contribution in [0.1, 0.15) is 128 Å². The molecule has 8 aromatic rings. The Labute approximate surface area is 629 Å². The number of aryl methyl sites for hydroxylation is 4. The second-order valence-electron chi connectivity index (χ2n) is 25.9. The zero-order valence-corrected chi connectivity index (χ0v) is 64.5. The first-order valence-corrected chi connectivity index (χ1v) is 37.8. The smallest absolute Gasteiger partial charge is 0.356 e. The third kappa shape index (κ3) is 19.9. The van der Waals surface area contributed by atoms with Gasteiger partial charge in [-0.15, -0.1) is 0 Å². The number of carbonyl (C=O) groups is 5. The van der Waals surface area contributed by atoms with Crippen molar-refractivity contribution in [3.63, 3.8) is 0 Å². The SMILES string of the molecule is CCOC(=O)C1=NOC(c2ccccc2)(c2ccccc2)C1.CCc1cc(C)cc(CC)c1-c1c(OC(=O)C(C)(C)C)n2n(c1=O)CCOCC2.COCC(=O)OC(c1ncccc1S(=O)(=O)NC(=O)Nc1nc(OC)cc(OC)n1)C(C)F.Cc1c(C(=O)c2c[nH]n(C)c2=O)ccc(S(C)(=O)=O)c1C1=NOCC1. The summed E-state index contributed by atoms with van der Waals surface area (Å²) in [6.45, 7) is 18.2. The standard InChI is InChI=1S/C23H32N2O4.C18H22FN5O8S.C18H17NO3.C16H17N3O5S/c1-7-16-13-15(3)14-17(8-2)18(16)19-20(26)24-9-11-28-12-10-25(24)21(19)29-22(27)23(4,5)6;1-10(19)16(32-14(25)9-29-2)15-11(6-5-7-20-15)33(27,28)24-18(26)23-17-21-12(30-3)8-13(22-17)31-4;1-2-21-17(20)16-13-18(22-19-16,14-9-5-3-6-10-14)15-11-7-4-8-12-15;1-9-10(15(20)11-8-17-19(2)16(11)21)4-5-13(25(3,22)23)14(9)12-6-7-24-18-12/h13-14H,7-12H2,1-6H3;5-8,10,16H,9H2,1-4H3,(H2,21,22,23,24,26);3-12H,2,13H2,1H3;4-5,8,17H,6-7H2,1-3H3. The number of esters is 3. The molecule has 0 fully saturated rings. The summed E-state index contributed by atoms with van der Waals surface area (Å²) in [6.07, 6.45) is 2.53. The topological polar surface area (TPSA) is 389 Å². The molecule has 2 amide bonds. The van der Waals surface area contributed by atoms with Crippen LogP contribution in [-0.4, -0.2) is 159 Å². The van der Waals surface area contributed by atoms with Gasteiger partial charge in [-0.1, -0.05) is 103 Å². The van der Waals surface area contributed by atoms with Gasteiger partial charge in [0.15, 0.2) is 33.0 Å². The maximum atomic E-state index is 14.2. The minimum absolute atomic E-state index is 0.00623. The molecule has 0 spiro atoms. The van der Waals surface area contributed by atoms with Gasteiger partial charge < -0.3 is 47.9 Å². The highest BCUT2D eigenvalue weighted by Crippen LogP contribution is 2.42. The van der Waals surface area contributed by atoms with Crippen LogP contribution in [0.2, 0.25) is 0 Å². The van der Waals surface area contributed by atoms with Crippen molar-refractivity contribution in [2.45, 2.75) is 129 Å². The predicted molar refractivity (Wildman–Crippen MR) is 398 cm³/mol. The van der Waals surface area contributed by atoms with Gasteiger partial charge in [-0.05, 0) is 108 Å². The number of urea groups is 1. The van der Waals surface area contributed by atoms with Crippen LogP contribution in [0.5, 0.6) is 17.6 Å². The molecule has 109 heavy (non-hydrogen) atoms. The molecule has 34 heteroatoms. The summed E-state index contributed by atoms with van der Waals surface area (Å²) in [5.41, 5.74) is 6.15. The number of ether oxygens (including phenoxy) is 7. The minimum Gasteiger partial charge on any atom is -0.481 e. The van der Waals surface area contributed by atoms with E-state index in [0.29, 0.717) is 86.4 Å². The molecule has 0 aliphatic carbocycles. The van der Waals surface area contributed by atoms with Gasteiger partial charge in [0.2, 0.25) is 23.6 Å². The number of methoxy groups -OCH3 is 3. The normalized spacial score (nSPS) is 14.2. The highest BCUT2D eigenvalue weighted by Gasteiger charge is 2.45. The maximum Gasteiger partial charge on any atom is 0.356 e. The van der Waals surface area contributed by atoms with E-state index in [1.165, 1.54) is 75.3 Å². The molecule has 3 N–H and O–H groups in total. The summed E-state index contributed by atoms with van der Waals surface area (Å²) in [4.78, 5) is 109. The summed E-state index contributed by atoms with van der Waals surface area (Å²) in [5, 5.41) is 12.7. The fraction of sp³-hybridized carbons (Fsp3) is 0.387. The van der Waals surface area contributed by atoms with Gasteiger partial charge >= 0.3 is 23.9 Å². The Morgan fingerprint density at radius 3 is 1.89 bits per heavy atom. The van der Waals surface area contributed by atoms with E-state index in [0.717, 1.165) is 59.9 Å². The molecule has 0 saturated heterocycles. The van der Waals surface area contributed by atoms with E-state index in [1.807, 2.05) is 81.4 Å². The number of nitrogens with one attached hydrogen (secondary N) is 3. The summed E-state index contributed by atoms with van der Waals surface area (Å²) >= 11 is 0. The van der Waals surface area contributed by atoms with Crippen LogP contribution in [0.15, 0.2) is 145 Å². The molecule has 2 atom stereocenters. The maximum absolute atomic E-state index is 14.2. The van der Waals surface area contributed by atoms with Gasteiger partial charge in [0.05, 0.1) is 75.6 Å². The van der Waals surface area contributed by atoms with Gasteiger partial charge in [-0.2, -0.15) is 9.97 Å². The van der Waals surface area contributed by atoms with E-state index in [-0.39, 0.29) is 45.3 Å². The molecule has 3 aliphatic rings. The molecular formula is C75H88FN11O20S2. The number of nitrogens with zero attached hydrogens (tertiary/aromatic N) is 8. The number of aromatic nitrogens is 7. The molecule has 2 unspecified atom stereocenters. The Morgan fingerprint density at radius 2 is 1.37 bits per heavy atom. The number of H-pyrrole nitrogens is 1. The first kappa shape index (κ1) is 83.4. The number of oxime groups is 2. The van der Waals surface area contributed by atoms with E-state index in [4.69, 9.17) is 38.1 Å². The molecule has 3 aliphatic heterocycles. The third-order valence-corrected chi connectivity index (χ3v) is 19.6. The fourth-order valence-corrected chi connectivity index (χ4v) is 13.8. The number of pyridine rings is 1. The molecule has 0 saturated carbocycles. The van der Waals surface area contributed by atoms with Crippen LogP contribution in [0.4, 0.5) is 15.1 Å². The Balaban J connectivity index is 0.000000185. The highest BCUT2D eigenvalue weighted by atomic mass is 32.2. The number of aromatic amines is 1. The number of amides is 2. The summed E-state index contributed by atoms with van der Waals surface area (Å²) in [7, 11) is -2.74. The molecule has 0 radical (unpaired) electrons. The van der Waals surface area contributed by atoms with Crippen molar-refractivity contribution in [3.05, 3.63) is 192 Å². The number of alkyl halides is 1. The number of ketones is 1. The Kier molecular flexibility index (Phi) is 28.0. The number of benzene rings is 4. The van der Waals surface area contributed by atoms with Crippen LogP contribution in [0, 0.1) is 19.3 Å². The Hall–Kier alpha value is -11.2. The van der Waals surface area contributed by atoms with Crippen molar-refractivity contribution in [3.8, 4) is 28.8 Å². The number of carbonyl (C=O) groups excluding carboxylic acids is 5. The third-order valence-electron chi connectivity index (χ3n) is 17.1. The summed E-state index contributed by atoms with van der Waals surface area (Å²) in [5.74, 6) is -2.05. The van der Waals surface area contributed by atoms with Crippen molar-refractivity contribution in [2.75, 3.05) is 65.9 Å². The van der Waals surface area contributed by atoms with Crippen LogP contribution in [-0.2, 0) is 101 Å². The Bertz CT molecular complexity index is 4980. The van der Waals surface area contributed by atoms with E-state index in [1.54, 1.807) is 27.9 Å². The van der Waals surface area contributed by atoms with Gasteiger partial charge in [0, 0.05) is 61.5 Å². The molecule has 4 aromatic carbocycles. The monoisotopic (exact) mass is 1550 g/mol. The zero-order valence-electron chi connectivity index (χ0n) is 62.8. The van der Waals surface area contributed by atoms with Crippen molar-refractivity contribution in [1.82, 2.24) is 38.8 Å². The quantitative estimate of drug-likeness (QED) is 0.0421. The Morgan fingerprint density at radius 1 is 0.752 bits per heavy atom. The number of rotatable bonds is 22. The van der Waals surface area contributed by atoms with Crippen molar-refractivity contribution in [1.29, 1.82) is 0 Å². The van der Waals surface area contributed by atoms with Gasteiger partial charge in [-0.25, -0.2) is 49.7 Å². The molecule has 11 rings (SSSR count). The number of sulfone groups is 1. The number of anilines is 1. The number of sulfonamides is 1. The molecule has 0 bridgehead atoms. The second-order valence-corrected chi connectivity index (χ2v) is 29.5. The molecule has 31 nitrogen and oxygen atoms in total. The molecule has 4 aromatic heterocycles. The number of hydrogen-bond donors (Lipinski definition) is 3. The predicted octanol–water partition coefficient (Wildman–Crippen LogP) is 8.77. The average molecular weight is 1550 g/mol. The van der Waals surface area contributed by atoms with Crippen LogP contribution < -0.4 is 35.4 Å². The number of halogens is 1. The van der Waals surface area contributed by atoms with Gasteiger partial charge in [-0.3, -0.25) is 34.2 Å². The largest absolute Gasteiger partial charge is 0.481 e. The van der Waals surface area contributed by atoms with E-state index < -0.39 is 89.7 Å². The lowest BCUT2D eigenvalue weighted by Gasteiger charge is -2.27. The summed E-state index contributed by atoms with van der Waals surface area (Å²) in [6, 6.07) is 29.1.